The Bertz CT molecular complexity index is 1280. The van der Waals surface area contributed by atoms with Crippen molar-refractivity contribution in [3.05, 3.63) is 76.8 Å². The van der Waals surface area contributed by atoms with Gasteiger partial charge in [-0.25, -0.2) is 9.67 Å². The van der Waals surface area contributed by atoms with E-state index >= 15 is 0 Å². The van der Waals surface area contributed by atoms with Crippen LogP contribution in [0.15, 0.2) is 59.9 Å². The average molecular weight is 450 g/mol. The Morgan fingerprint density at radius 1 is 1.12 bits per heavy atom. The molecule has 0 spiro atoms. The zero-order chi connectivity index (χ0) is 22.9. The first kappa shape index (κ1) is 22.1. The van der Waals surface area contributed by atoms with Gasteiger partial charge in [0.05, 0.1) is 28.1 Å². The lowest BCUT2D eigenvalue weighted by Gasteiger charge is -2.16. The molecule has 0 radical (unpaired) electrons. The van der Waals surface area contributed by atoms with Crippen LogP contribution in [-0.4, -0.2) is 30.6 Å². The van der Waals surface area contributed by atoms with E-state index in [0.29, 0.717) is 11.4 Å². The van der Waals surface area contributed by atoms with Crippen LogP contribution in [0.25, 0.3) is 16.7 Å². The van der Waals surface area contributed by atoms with Gasteiger partial charge in [-0.15, -0.1) is 0 Å². The van der Waals surface area contributed by atoms with Gasteiger partial charge in [0.1, 0.15) is 11.4 Å². The van der Waals surface area contributed by atoms with Crippen molar-refractivity contribution in [1.82, 2.24) is 19.3 Å². The predicted molar refractivity (Wildman–Crippen MR) is 130 cm³/mol. The van der Waals surface area contributed by atoms with Crippen molar-refractivity contribution in [3.63, 3.8) is 0 Å². The largest absolute Gasteiger partial charge is 0.390 e. The Labute approximate surface area is 193 Å². The molecule has 2 aromatic heterocycles. The second-order valence-corrected chi connectivity index (χ2v) is 9.18. The number of fused-ring (bicyclic) bond motifs is 1. The van der Waals surface area contributed by atoms with Gasteiger partial charge in [0.25, 0.3) is 0 Å². The van der Waals surface area contributed by atoms with Gasteiger partial charge in [-0.1, -0.05) is 28.9 Å². The number of imidazole rings is 1. The van der Waals surface area contributed by atoms with Gasteiger partial charge in [0.15, 0.2) is 0 Å². The van der Waals surface area contributed by atoms with E-state index < -0.39 is 0 Å². The number of hydrogen-bond acceptors (Lipinski definition) is 4. The molecule has 0 aliphatic rings. The molecule has 0 N–H and O–H groups in total. The van der Waals surface area contributed by atoms with Crippen LogP contribution in [0.4, 0.5) is 0 Å². The minimum absolute atomic E-state index is 0.325. The summed E-state index contributed by atoms with van der Waals surface area (Å²) in [5.74, 6) is 0.990. The third kappa shape index (κ3) is 4.70. The second-order valence-electron chi connectivity index (χ2n) is 8.75. The van der Waals surface area contributed by atoms with E-state index in [0.717, 1.165) is 46.1 Å². The number of aryl methyl sites for hydroxylation is 1. The van der Waals surface area contributed by atoms with Crippen molar-refractivity contribution in [2.75, 3.05) is 0 Å². The normalized spacial score (nSPS) is 12.5. The molecular formula is C25H28ClN5O. The van der Waals surface area contributed by atoms with Crippen molar-refractivity contribution in [2.45, 2.75) is 53.2 Å². The molecule has 2 heterocycles. The minimum Gasteiger partial charge on any atom is -0.390 e. The first-order valence-corrected chi connectivity index (χ1v) is 11.1. The molecule has 0 bridgehead atoms. The number of aromatic nitrogens is 4. The van der Waals surface area contributed by atoms with Crippen LogP contribution < -0.4 is 0 Å². The summed E-state index contributed by atoms with van der Waals surface area (Å²) in [6.45, 7) is 10.9. The summed E-state index contributed by atoms with van der Waals surface area (Å²) >= 11 is 6.19. The van der Waals surface area contributed by atoms with E-state index in [2.05, 4.69) is 39.9 Å². The Morgan fingerprint density at radius 3 is 2.66 bits per heavy atom. The van der Waals surface area contributed by atoms with E-state index in [-0.39, 0.29) is 5.60 Å². The maximum Gasteiger partial charge on any atom is 0.129 e. The highest BCUT2D eigenvalue weighted by molar-refractivity contribution is 6.30. The molecule has 4 rings (SSSR count). The summed E-state index contributed by atoms with van der Waals surface area (Å²) in [6, 6.07) is 16.0. The van der Waals surface area contributed by atoms with Crippen LogP contribution in [0.2, 0.25) is 5.02 Å². The van der Waals surface area contributed by atoms with Crippen molar-refractivity contribution in [2.24, 2.45) is 5.16 Å². The molecule has 0 fully saturated rings. The smallest absolute Gasteiger partial charge is 0.129 e. The van der Waals surface area contributed by atoms with Gasteiger partial charge in [-0.05, 0) is 71.0 Å². The Balaban J connectivity index is 1.68. The molecular weight excluding hydrogens is 422 g/mol. The van der Waals surface area contributed by atoms with Crippen LogP contribution in [0.3, 0.4) is 0 Å². The van der Waals surface area contributed by atoms with Crippen molar-refractivity contribution in [1.29, 1.82) is 0 Å². The van der Waals surface area contributed by atoms with Gasteiger partial charge in [-0.3, -0.25) is 0 Å². The molecule has 6 nitrogen and oxygen atoms in total. The minimum atomic E-state index is -0.325. The summed E-state index contributed by atoms with van der Waals surface area (Å²) in [6.07, 6.45) is 2.47. The maximum absolute atomic E-state index is 6.19. The highest BCUT2D eigenvalue weighted by Crippen LogP contribution is 2.23. The monoisotopic (exact) mass is 449 g/mol. The first-order chi connectivity index (χ1) is 15.2. The number of benzene rings is 2. The number of oxime groups is 1. The third-order valence-corrected chi connectivity index (χ3v) is 5.37. The Morgan fingerprint density at radius 2 is 1.94 bits per heavy atom. The summed E-state index contributed by atoms with van der Waals surface area (Å²) in [7, 11) is 0. The van der Waals surface area contributed by atoms with Crippen LogP contribution >= 0.6 is 11.6 Å². The predicted octanol–water partition coefficient (Wildman–Crippen LogP) is 6.03. The molecule has 32 heavy (non-hydrogen) atoms. The van der Waals surface area contributed by atoms with E-state index in [4.69, 9.17) is 21.4 Å². The van der Waals surface area contributed by atoms with Gasteiger partial charge >= 0.3 is 0 Å². The molecule has 0 saturated carbocycles. The standard InChI is InChI=1S/C25H28ClN5O/c1-6-30-23-11-10-18(17(2)29-32-25(3,4)5)14-22(23)28-24(30)16-21-12-13-27-31(21)20-9-7-8-19(26)15-20/h7-15H,6,16H2,1-5H3/b29-17+. The summed E-state index contributed by atoms with van der Waals surface area (Å²) in [5.41, 5.74) is 5.53. The lowest BCUT2D eigenvalue weighted by Crippen LogP contribution is -2.16. The van der Waals surface area contributed by atoms with Crippen LogP contribution in [-0.2, 0) is 17.8 Å². The van der Waals surface area contributed by atoms with E-state index in [9.17, 15) is 0 Å². The Hall–Kier alpha value is -3.12. The van der Waals surface area contributed by atoms with E-state index in [1.54, 1.807) is 0 Å². The zero-order valence-corrected chi connectivity index (χ0v) is 19.9. The fourth-order valence-corrected chi connectivity index (χ4v) is 3.80. The zero-order valence-electron chi connectivity index (χ0n) is 19.1. The molecule has 4 aromatic rings. The lowest BCUT2D eigenvalue weighted by molar-refractivity contribution is 0.000956. The summed E-state index contributed by atoms with van der Waals surface area (Å²) in [4.78, 5) is 10.5. The van der Waals surface area contributed by atoms with Gasteiger partial charge in [0, 0.05) is 29.7 Å². The SMILES string of the molecule is CCn1c(Cc2ccnn2-c2cccc(Cl)c2)nc2cc(/C(C)=N/OC(C)(C)C)ccc21. The first-order valence-electron chi connectivity index (χ1n) is 10.8. The van der Waals surface area contributed by atoms with Crippen molar-refractivity contribution >= 4 is 28.3 Å². The number of nitrogens with zero attached hydrogens (tertiary/aromatic N) is 5. The van der Waals surface area contributed by atoms with Crippen LogP contribution in [0.5, 0.6) is 0 Å². The van der Waals surface area contributed by atoms with E-state index in [1.165, 1.54) is 0 Å². The number of hydrogen-bond donors (Lipinski definition) is 0. The van der Waals surface area contributed by atoms with Gasteiger partial charge < -0.3 is 9.40 Å². The molecule has 7 heteroatoms. The maximum atomic E-state index is 6.19. The third-order valence-electron chi connectivity index (χ3n) is 5.13. The molecule has 0 saturated heterocycles. The lowest BCUT2D eigenvalue weighted by atomic mass is 10.1. The molecule has 0 atom stereocenters. The molecule has 0 aliphatic heterocycles. The molecule has 0 unspecified atom stereocenters. The Kier molecular flexibility index (Phi) is 6.07. The number of halogens is 1. The van der Waals surface area contributed by atoms with E-state index in [1.807, 2.05) is 68.9 Å². The summed E-state index contributed by atoms with van der Waals surface area (Å²) < 4.78 is 4.16. The van der Waals surface area contributed by atoms with Crippen molar-refractivity contribution < 1.29 is 4.84 Å². The topological polar surface area (TPSA) is 57.2 Å². The summed E-state index contributed by atoms with van der Waals surface area (Å²) in [5, 5.41) is 9.48. The molecule has 0 amide bonds. The fourth-order valence-electron chi connectivity index (χ4n) is 3.62. The highest BCUT2D eigenvalue weighted by Gasteiger charge is 2.15. The molecule has 2 aromatic carbocycles. The number of rotatable bonds is 6. The van der Waals surface area contributed by atoms with Crippen LogP contribution in [0, 0.1) is 0 Å². The molecule has 166 valence electrons. The molecule has 0 aliphatic carbocycles. The second kappa shape index (κ2) is 8.79. The average Bonchev–Trinajstić information content (AvgIpc) is 3.35. The van der Waals surface area contributed by atoms with Gasteiger partial charge in [0.2, 0.25) is 0 Å². The van der Waals surface area contributed by atoms with Crippen LogP contribution in [0.1, 0.15) is 51.7 Å². The quantitative estimate of drug-likeness (QED) is 0.267. The highest BCUT2D eigenvalue weighted by atomic mass is 35.5. The van der Waals surface area contributed by atoms with Gasteiger partial charge in [-0.2, -0.15) is 5.10 Å². The van der Waals surface area contributed by atoms with Crippen molar-refractivity contribution in [3.8, 4) is 5.69 Å². The fraction of sp³-hybridized carbons (Fsp3) is 0.320.